The van der Waals surface area contributed by atoms with Crippen LogP contribution in [0.5, 0.6) is 0 Å². The Morgan fingerprint density at radius 2 is 1.95 bits per heavy atom. The molecule has 1 heterocycles. The van der Waals surface area contributed by atoms with Gasteiger partial charge in [-0.15, -0.1) is 0 Å². The lowest BCUT2D eigenvalue weighted by Gasteiger charge is -2.29. The minimum Gasteiger partial charge on any atom is -0.370 e. The highest BCUT2D eigenvalue weighted by Gasteiger charge is 2.34. The first kappa shape index (κ1) is 16.3. The average molecular weight is 320 g/mol. The van der Waals surface area contributed by atoms with E-state index < -0.39 is 22.5 Å². The van der Waals surface area contributed by atoms with Crippen LogP contribution in [0.15, 0.2) is 18.2 Å². The Morgan fingerprint density at radius 3 is 2.48 bits per heavy atom. The molecule has 2 rings (SSSR count). The molecule has 1 aromatic carbocycles. The van der Waals surface area contributed by atoms with E-state index in [0.717, 1.165) is 0 Å². The van der Waals surface area contributed by atoms with Crippen LogP contribution >= 0.6 is 0 Å². The van der Waals surface area contributed by atoms with Gasteiger partial charge in [-0.05, 0) is 31.0 Å². The molecular weight excluding hydrogens is 301 g/mol. The van der Waals surface area contributed by atoms with Gasteiger partial charge in [0.1, 0.15) is 0 Å². The second-order valence-electron chi connectivity index (χ2n) is 5.36. The van der Waals surface area contributed by atoms with Crippen molar-refractivity contribution in [1.29, 1.82) is 0 Å². The van der Waals surface area contributed by atoms with Gasteiger partial charge in [-0.25, -0.2) is 0 Å². The number of hydrogen-bond acceptors (Lipinski definition) is 3. The standard InChI is InChI=1S/C14H19F3N2OS/c1-10(18)8-11-2-3-12(9-13(11)14(15,16)17)19-4-6-21(20)7-5-19/h2-3,9-10H,4-8,18H2,1H3. The Balaban J connectivity index is 2.30. The molecule has 1 unspecified atom stereocenters. The summed E-state index contributed by atoms with van der Waals surface area (Å²) in [6.07, 6.45) is -4.20. The van der Waals surface area contributed by atoms with Crippen molar-refractivity contribution in [3.05, 3.63) is 29.3 Å². The van der Waals surface area contributed by atoms with E-state index in [1.54, 1.807) is 13.0 Å². The monoisotopic (exact) mass is 320 g/mol. The number of rotatable bonds is 3. The van der Waals surface area contributed by atoms with E-state index in [4.69, 9.17) is 5.73 Å². The Morgan fingerprint density at radius 1 is 1.33 bits per heavy atom. The molecule has 21 heavy (non-hydrogen) atoms. The summed E-state index contributed by atoms with van der Waals surface area (Å²) >= 11 is 0. The van der Waals surface area contributed by atoms with Crippen molar-refractivity contribution >= 4 is 16.5 Å². The molecule has 3 nitrogen and oxygen atoms in total. The molecule has 1 aliphatic heterocycles. The molecule has 0 aromatic heterocycles. The third-order valence-corrected chi connectivity index (χ3v) is 4.76. The quantitative estimate of drug-likeness (QED) is 0.928. The van der Waals surface area contributed by atoms with E-state index in [9.17, 15) is 17.4 Å². The number of halogens is 3. The van der Waals surface area contributed by atoms with Crippen LogP contribution in [0, 0.1) is 0 Å². The van der Waals surface area contributed by atoms with E-state index in [1.807, 2.05) is 4.90 Å². The van der Waals surface area contributed by atoms with Crippen LogP contribution in [0.4, 0.5) is 18.9 Å². The highest BCUT2D eigenvalue weighted by Crippen LogP contribution is 2.35. The van der Waals surface area contributed by atoms with Gasteiger partial charge < -0.3 is 10.6 Å². The molecule has 0 saturated carbocycles. The predicted molar refractivity (Wildman–Crippen MR) is 78.9 cm³/mol. The minimum absolute atomic E-state index is 0.194. The van der Waals surface area contributed by atoms with Crippen LogP contribution in [0.3, 0.4) is 0 Å². The van der Waals surface area contributed by atoms with E-state index in [2.05, 4.69) is 0 Å². The molecular formula is C14H19F3N2OS. The zero-order chi connectivity index (χ0) is 15.6. The second kappa shape index (κ2) is 6.36. The van der Waals surface area contributed by atoms with Gasteiger partial charge in [-0.3, -0.25) is 4.21 Å². The highest BCUT2D eigenvalue weighted by atomic mass is 32.2. The molecule has 1 aliphatic rings. The van der Waals surface area contributed by atoms with E-state index in [0.29, 0.717) is 30.3 Å². The van der Waals surface area contributed by atoms with Crippen LogP contribution in [0.25, 0.3) is 0 Å². The van der Waals surface area contributed by atoms with Gasteiger partial charge in [0, 0.05) is 47.1 Å². The van der Waals surface area contributed by atoms with Crippen LogP contribution < -0.4 is 10.6 Å². The third kappa shape index (κ3) is 4.20. The summed E-state index contributed by atoms with van der Waals surface area (Å²) < 4.78 is 50.9. The summed E-state index contributed by atoms with van der Waals surface area (Å²) in [5, 5.41) is 0. The van der Waals surface area contributed by atoms with Crippen molar-refractivity contribution < 1.29 is 17.4 Å². The molecule has 0 spiro atoms. The van der Waals surface area contributed by atoms with Crippen LogP contribution in [0.1, 0.15) is 18.1 Å². The summed E-state index contributed by atoms with van der Waals surface area (Å²) in [4.78, 5) is 1.85. The van der Waals surface area contributed by atoms with Crippen LogP contribution in [-0.4, -0.2) is 34.8 Å². The predicted octanol–water partition coefficient (Wildman–Crippen LogP) is 2.16. The summed E-state index contributed by atoms with van der Waals surface area (Å²) in [5.41, 5.74) is 5.76. The lowest BCUT2D eigenvalue weighted by molar-refractivity contribution is -0.138. The maximum atomic E-state index is 13.2. The van der Waals surface area contributed by atoms with Gasteiger partial charge in [-0.1, -0.05) is 6.07 Å². The summed E-state index contributed by atoms with van der Waals surface area (Å²) in [6, 6.07) is 4.06. The second-order valence-corrected chi connectivity index (χ2v) is 7.05. The van der Waals surface area contributed by atoms with Gasteiger partial charge in [0.2, 0.25) is 0 Å². The molecule has 0 aliphatic carbocycles. The minimum atomic E-state index is -4.39. The number of anilines is 1. The maximum Gasteiger partial charge on any atom is 0.416 e. The van der Waals surface area contributed by atoms with Gasteiger partial charge in [0.15, 0.2) is 0 Å². The normalized spacial score (nSPS) is 18.8. The van der Waals surface area contributed by atoms with Gasteiger partial charge in [0.25, 0.3) is 0 Å². The Kier molecular flexibility index (Phi) is 4.93. The molecule has 1 aromatic rings. The smallest absolute Gasteiger partial charge is 0.370 e. The number of alkyl halides is 3. The van der Waals surface area contributed by atoms with Gasteiger partial charge in [0.05, 0.1) is 5.56 Å². The molecule has 1 atom stereocenters. The van der Waals surface area contributed by atoms with Crippen molar-refractivity contribution in [3.8, 4) is 0 Å². The first-order chi connectivity index (χ1) is 9.77. The molecule has 0 bridgehead atoms. The molecule has 1 fully saturated rings. The zero-order valence-corrected chi connectivity index (χ0v) is 12.6. The maximum absolute atomic E-state index is 13.2. The molecule has 0 amide bonds. The molecule has 0 radical (unpaired) electrons. The number of hydrogen-bond donors (Lipinski definition) is 1. The molecule has 1 saturated heterocycles. The fraction of sp³-hybridized carbons (Fsp3) is 0.571. The average Bonchev–Trinajstić information content (AvgIpc) is 2.38. The number of nitrogens with two attached hydrogens (primary N) is 1. The molecule has 7 heteroatoms. The van der Waals surface area contributed by atoms with Crippen LogP contribution in [0.2, 0.25) is 0 Å². The van der Waals surface area contributed by atoms with Crippen LogP contribution in [-0.2, 0) is 23.4 Å². The topological polar surface area (TPSA) is 46.3 Å². The summed E-state index contributed by atoms with van der Waals surface area (Å²) in [7, 11) is -0.850. The lowest BCUT2D eigenvalue weighted by atomic mass is 9.99. The fourth-order valence-electron chi connectivity index (χ4n) is 2.45. The Bertz CT molecular complexity index is 521. The van der Waals surface area contributed by atoms with E-state index >= 15 is 0 Å². The first-order valence-electron chi connectivity index (χ1n) is 6.83. The fourth-order valence-corrected chi connectivity index (χ4v) is 3.50. The Hall–Kier alpha value is -1.08. The van der Waals surface area contributed by atoms with Crippen molar-refractivity contribution in [2.75, 3.05) is 29.5 Å². The first-order valence-corrected chi connectivity index (χ1v) is 8.32. The van der Waals surface area contributed by atoms with Crippen molar-refractivity contribution in [2.45, 2.75) is 25.6 Å². The zero-order valence-electron chi connectivity index (χ0n) is 11.8. The molecule has 2 N–H and O–H groups in total. The van der Waals surface area contributed by atoms with E-state index in [1.165, 1.54) is 12.1 Å². The lowest BCUT2D eigenvalue weighted by Crippen LogP contribution is -2.37. The highest BCUT2D eigenvalue weighted by molar-refractivity contribution is 7.85. The van der Waals surface area contributed by atoms with Crippen molar-refractivity contribution in [1.82, 2.24) is 0 Å². The number of nitrogens with zero attached hydrogens (tertiary/aromatic N) is 1. The van der Waals surface area contributed by atoms with E-state index in [-0.39, 0.29) is 18.0 Å². The number of benzene rings is 1. The summed E-state index contributed by atoms with van der Waals surface area (Å²) in [5.74, 6) is 1.01. The van der Waals surface area contributed by atoms with Gasteiger partial charge in [-0.2, -0.15) is 13.2 Å². The largest absolute Gasteiger partial charge is 0.416 e. The summed E-state index contributed by atoms with van der Waals surface area (Å²) in [6.45, 7) is 2.74. The van der Waals surface area contributed by atoms with Crippen molar-refractivity contribution in [3.63, 3.8) is 0 Å². The van der Waals surface area contributed by atoms with Crippen molar-refractivity contribution in [2.24, 2.45) is 5.73 Å². The Labute approximate surface area is 124 Å². The molecule has 118 valence electrons. The van der Waals surface area contributed by atoms with Gasteiger partial charge >= 0.3 is 6.18 Å². The third-order valence-electron chi connectivity index (χ3n) is 3.48. The SMILES string of the molecule is CC(N)Cc1ccc(N2CCS(=O)CC2)cc1C(F)(F)F.